The van der Waals surface area contributed by atoms with Crippen molar-refractivity contribution in [3.63, 3.8) is 0 Å². The average Bonchev–Trinajstić information content (AvgIpc) is 1.66. The Bertz CT molecular complexity index is 2460. The third-order valence-electron chi connectivity index (χ3n) is 20.6. The van der Waals surface area contributed by atoms with Gasteiger partial charge in [0.1, 0.15) is 12.2 Å². The molecule has 0 saturated carbocycles. The molecule has 1 aliphatic heterocycles. The number of carbonyl (C=O) groups is 6. The van der Waals surface area contributed by atoms with Gasteiger partial charge in [-0.25, -0.2) is 9.13 Å². The molecule has 1 saturated heterocycles. The van der Waals surface area contributed by atoms with E-state index in [9.17, 15) is 57.9 Å². The number of phosphoric ester groups is 2. The highest BCUT2D eigenvalue weighted by Crippen LogP contribution is 2.44. The van der Waals surface area contributed by atoms with Crippen molar-refractivity contribution in [3.8, 4) is 0 Å². The number of carbonyl (C=O) groups excluding carboxylic acids is 6. The van der Waals surface area contributed by atoms with Crippen molar-refractivity contribution in [1.29, 1.82) is 0 Å². The summed E-state index contributed by atoms with van der Waals surface area (Å²) in [4.78, 5) is 103. The molecule has 1 rings (SSSR count). The first-order chi connectivity index (χ1) is 56.4. The Labute approximate surface area is 707 Å². The Morgan fingerprint density at radius 2 is 0.667 bits per heavy atom. The predicted octanol–water partition coefficient (Wildman–Crippen LogP) is 19.1. The Morgan fingerprint density at radius 3 is 0.991 bits per heavy atom. The van der Waals surface area contributed by atoms with Gasteiger partial charge >= 0.3 is 27.6 Å². The maximum Gasteiger partial charge on any atom is 0.472 e. The molecule has 1 aliphatic rings. The summed E-state index contributed by atoms with van der Waals surface area (Å²) in [6, 6.07) is -1.97. The number of phosphoric acid groups is 2. The van der Waals surface area contributed by atoms with Crippen LogP contribution in [0.25, 0.3) is 0 Å². The van der Waals surface area contributed by atoms with Crippen molar-refractivity contribution in [1.82, 2.24) is 21.3 Å². The first-order valence-electron chi connectivity index (χ1n) is 46.4. The fourth-order valence-corrected chi connectivity index (χ4v) is 15.2. The summed E-state index contributed by atoms with van der Waals surface area (Å²) >= 11 is 0. The van der Waals surface area contributed by atoms with Crippen LogP contribution in [0.2, 0.25) is 0 Å². The zero-order valence-electron chi connectivity index (χ0n) is 74.3. The number of hydrogen-bond donors (Lipinski definition) is 8. The van der Waals surface area contributed by atoms with Crippen LogP contribution in [0.1, 0.15) is 389 Å². The quantitative estimate of drug-likeness (QED) is 0.0121. The lowest BCUT2D eigenvalue weighted by Gasteiger charge is -2.23. The van der Waals surface area contributed by atoms with Crippen molar-refractivity contribution in [2.45, 2.75) is 444 Å². The molecule has 8 N–H and O–H groups in total. The van der Waals surface area contributed by atoms with Crippen LogP contribution in [0.4, 0.5) is 0 Å². The van der Waals surface area contributed by atoms with Crippen LogP contribution in [0, 0.1) is 0 Å². The van der Waals surface area contributed by atoms with E-state index in [4.69, 9.17) is 46.5 Å². The summed E-state index contributed by atoms with van der Waals surface area (Å²) < 4.78 is 83.5. The molecule has 0 radical (unpaired) electrons. The largest absolute Gasteiger partial charge is 0.472 e. The lowest BCUT2D eigenvalue weighted by Crippen LogP contribution is -2.48. The Morgan fingerprint density at radius 1 is 0.376 bits per heavy atom. The molecule has 10 atom stereocenters. The lowest BCUT2D eigenvalue weighted by molar-refractivity contribution is -0.159. The number of aliphatic hydroxyl groups excluding tert-OH is 2. The second-order valence-electron chi connectivity index (χ2n) is 32.5. The molecule has 0 aromatic carbocycles. The van der Waals surface area contributed by atoms with Gasteiger partial charge in [0.05, 0.1) is 76.8 Å². The summed E-state index contributed by atoms with van der Waals surface area (Å²) in [6.07, 6.45) is 50.1. The minimum atomic E-state index is -4.88. The van der Waals surface area contributed by atoms with Gasteiger partial charge in [0.25, 0.3) is 11.8 Å². The first-order valence-corrected chi connectivity index (χ1v) is 49.3. The van der Waals surface area contributed by atoms with Gasteiger partial charge in [-0.2, -0.15) is 0 Å². The van der Waals surface area contributed by atoms with Crippen molar-refractivity contribution in [2.75, 3.05) is 65.9 Å². The minimum absolute atomic E-state index is 0.133. The van der Waals surface area contributed by atoms with Gasteiger partial charge in [-0.05, 0) is 117 Å². The van der Waals surface area contributed by atoms with E-state index < -0.39 is 120 Å². The SMILES string of the molecule is CCCCCC/C=C/CCCC(=O)OC(CCCCCCCCCCC)CC(=O)NC(COCC[C@H](O)CCCCCCC)COP(=O)(O)OCCNC(=O)[C@H]1OC(C)(C)O[C@@H]1C(=O)NCCOP(=O)(O)OCC(COCC[C@H](O)CCCCCCC)NC(=O)CC(CCCCCCCCCCC)OC(=O)CCC/C=C/CCCCCC. The number of rotatable bonds is 84. The van der Waals surface area contributed by atoms with E-state index >= 15 is 0 Å². The predicted molar refractivity (Wildman–Crippen MR) is 463 cm³/mol. The molecule has 1 heterocycles. The molecular formula is C89H168N4O22P2. The standard InChI is InChI=1S/C89H168N4O22P2/c1-9-15-21-27-31-35-39-45-51-57-79(112-83(98)59-53-47-41-37-33-29-23-17-11-3)69-81(96)92-75(71-106-65-61-77(94)55-49-43-25-19-13-5)73-110-116(102,103)108-67-63-90-87(100)85-86(115-89(7,8)114-85)88(101)91-64-68-109-117(104,105)111-74-76(72-107-66-62-78(95)56-50-44-26-20-14-6)93-82(97)70-80(58-52-46-40-36-32-28-22-16-10-2)113-84(99)60-54-48-42-38-34-30-24-18-12-4/h37-38,41-42,75-80,85-86,94-95H,9-36,39-40,43-74H2,1-8H3,(H,90,100)(H,91,101)(H,92,96)(H,93,97)(H,102,103)(H,104,105)/b41-37+,42-38+/t75?,76?,77-,78-,79?,80?,85+,86+/m1/s1. The molecule has 0 aromatic heterocycles. The van der Waals surface area contributed by atoms with Gasteiger partial charge in [0.2, 0.25) is 11.8 Å². The summed E-state index contributed by atoms with van der Waals surface area (Å²) in [7, 11) is -9.77. The second kappa shape index (κ2) is 74.9. The van der Waals surface area contributed by atoms with Gasteiger partial charge < -0.3 is 69.7 Å². The van der Waals surface area contributed by atoms with Crippen LogP contribution in [0.3, 0.4) is 0 Å². The second-order valence-corrected chi connectivity index (χ2v) is 35.4. The van der Waals surface area contributed by atoms with E-state index in [2.05, 4.69) is 87.1 Å². The van der Waals surface area contributed by atoms with Gasteiger partial charge in [-0.1, -0.05) is 271 Å². The Kier molecular flexibility index (Phi) is 71.2. The summed E-state index contributed by atoms with van der Waals surface area (Å²) in [6.45, 7) is 13.0. The highest BCUT2D eigenvalue weighted by molar-refractivity contribution is 7.47. The maximum absolute atomic E-state index is 13.9. The van der Waals surface area contributed by atoms with Gasteiger partial charge in [0, 0.05) is 39.1 Å². The van der Waals surface area contributed by atoms with E-state index in [0.29, 0.717) is 51.4 Å². The molecular weight excluding hydrogens is 1540 g/mol. The van der Waals surface area contributed by atoms with Crippen LogP contribution in [-0.2, 0) is 84.4 Å². The third kappa shape index (κ3) is 67.5. The summed E-state index contributed by atoms with van der Waals surface area (Å²) in [5.41, 5.74) is 0. The van der Waals surface area contributed by atoms with Crippen molar-refractivity contribution in [2.24, 2.45) is 0 Å². The number of hydrogen-bond acceptors (Lipinski definition) is 20. The smallest absolute Gasteiger partial charge is 0.462 e. The monoisotopic (exact) mass is 1710 g/mol. The van der Waals surface area contributed by atoms with E-state index in [1.807, 2.05) is 0 Å². The highest BCUT2D eigenvalue weighted by Gasteiger charge is 2.49. The fraction of sp³-hybridized carbons (Fsp3) is 0.888. The van der Waals surface area contributed by atoms with Crippen molar-refractivity contribution < 1.29 is 104 Å². The van der Waals surface area contributed by atoms with Crippen LogP contribution >= 0.6 is 15.6 Å². The average molecular weight is 1710 g/mol. The van der Waals surface area contributed by atoms with Crippen molar-refractivity contribution in [3.05, 3.63) is 24.3 Å². The van der Waals surface area contributed by atoms with E-state index in [0.717, 1.165) is 167 Å². The van der Waals surface area contributed by atoms with Crippen LogP contribution in [-0.4, -0.2) is 176 Å². The van der Waals surface area contributed by atoms with Gasteiger partial charge in [-0.3, -0.25) is 46.9 Å². The highest BCUT2D eigenvalue weighted by atomic mass is 31.2. The lowest BCUT2D eigenvalue weighted by atomic mass is 10.0. The molecule has 6 unspecified atom stereocenters. The van der Waals surface area contributed by atoms with Crippen LogP contribution in [0.15, 0.2) is 24.3 Å². The van der Waals surface area contributed by atoms with Crippen LogP contribution in [0.5, 0.6) is 0 Å². The fourth-order valence-electron chi connectivity index (χ4n) is 13.7. The number of nitrogens with one attached hydrogen (secondary N) is 4. The number of amides is 4. The summed E-state index contributed by atoms with van der Waals surface area (Å²) in [5, 5.41) is 32.1. The van der Waals surface area contributed by atoms with Gasteiger partial charge in [-0.15, -0.1) is 0 Å². The molecule has 0 aliphatic carbocycles. The third-order valence-corrected chi connectivity index (χ3v) is 22.6. The zero-order chi connectivity index (χ0) is 86.2. The number of ether oxygens (including phenoxy) is 6. The molecule has 0 aromatic rings. The summed E-state index contributed by atoms with van der Waals surface area (Å²) in [5.74, 6) is -4.88. The Balaban J connectivity index is 3.11. The minimum Gasteiger partial charge on any atom is -0.462 e. The van der Waals surface area contributed by atoms with Crippen LogP contribution < -0.4 is 21.3 Å². The number of esters is 2. The number of allylic oxidation sites excluding steroid dienone is 4. The van der Waals surface area contributed by atoms with E-state index in [-0.39, 0.29) is 77.1 Å². The normalized spacial score (nSPS) is 16.8. The number of aliphatic hydroxyl groups is 2. The Hall–Kier alpha value is -3.72. The molecule has 28 heteroatoms. The topological polar surface area (TPSA) is 358 Å². The molecule has 1 fully saturated rings. The first kappa shape index (κ1) is 111. The van der Waals surface area contributed by atoms with Crippen molar-refractivity contribution >= 4 is 51.2 Å². The van der Waals surface area contributed by atoms with Gasteiger partial charge in [0.15, 0.2) is 18.0 Å². The molecule has 26 nitrogen and oxygen atoms in total. The maximum atomic E-state index is 13.9. The zero-order valence-corrected chi connectivity index (χ0v) is 76.1. The van der Waals surface area contributed by atoms with E-state index in [1.165, 1.54) is 104 Å². The molecule has 686 valence electrons. The van der Waals surface area contributed by atoms with E-state index in [1.54, 1.807) is 0 Å². The molecule has 0 spiro atoms. The molecule has 117 heavy (non-hydrogen) atoms. The molecule has 4 amide bonds. The molecule has 0 bridgehead atoms. The number of unbranched alkanes of at least 4 members (excludes halogenated alkanes) is 34.